The van der Waals surface area contributed by atoms with Crippen LogP contribution in [-0.2, 0) is 0 Å². The second kappa shape index (κ2) is 10.1. The van der Waals surface area contributed by atoms with E-state index in [1.54, 1.807) is 24.4 Å². The smallest absolute Gasteiger partial charge is 0.323 e. The minimum absolute atomic E-state index is 0.0200. The van der Waals surface area contributed by atoms with E-state index in [9.17, 15) is 9.18 Å². The summed E-state index contributed by atoms with van der Waals surface area (Å²) in [6, 6.07) is 12.5. The van der Waals surface area contributed by atoms with Gasteiger partial charge in [0, 0.05) is 34.9 Å². The van der Waals surface area contributed by atoms with Crippen molar-refractivity contribution in [3.8, 4) is 0 Å². The minimum atomic E-state index is -0.569. The molecule has 0 aliphatic heterocycles. The number of hydrogen-bond donors (Lipinski definition) is 5. The van der Waals surface area contributed by atoms with Gasteiger partial charge in [-0.05, 0) is 75.2 Å². The first-order valence-electron chi connectivity index (χ1n) is 10.6. The van der Waals surface area contributed by atoms with Crippen molar-refractivity contribution in [3.63, 3.8) is 0 Å². The van der Waals surface area contributed by atoms with Gasteiger partial charge in [-0.2, -0.15) is 0 Å². The van der Waals surface area contributed by atoms with Crippen LogP contribution in [0.3, 0.4) is 0 Å². The number of allylic oxidation sites excluding steroid dienone is 1. The number of nitrogens with one attached hydrogen (secondary N) is 4. The normalized spacial score (nSPS) is 11.6. The molecule has 0 saturated heterocycles. The molecule has 3 rings (SSSR count). The largest absolute Gasteiger partial charge is 0.386 e. The van der Waals surface area contributed by atoms with Gasteiger partial charge in [0.15, 0.2) is 0 Å². The van der Waals surface area contributed by atoms with Crippen molar-refractivity contribution < 1.29 is 9.18 Å². The highest BCUT2D eigenvalue weighted by Crippen LogP contribution is 2.24. The molecule has 0 spiro atoms. The number of hydrogen-bond acceptors (Lipinski definition) is 6. The predicted molar refractivity (Wildman–Crippen MR) is 134 cm³/mol. The summed E-state index contributed by atoms with van der Waals surface area (Å²) >= 11 is 0. The van der Waals surface area contributed by atoms with Crippen molar-refractivity contribution >= 4 is 34.6 Å². The maximum Gasteiger partial charge on any atom is 0.323 e. The molecule has 6 N–H and O–H groups in total. The third-order valence-corrected chi connectivity index (χ3v) is 4.59. The number of carbonyl (C=O) groups is 1. The van der Waals surface area contributed by atoms with Crippen LogP contribution in [0.4, 0.5) is 26.5 Å². The lowest BCUT2D eigenvalue weighted by Gasteiger charge is -2.21. The average molecular weight is 462 g/mol. The van der Waals surface area contributed by atoms with Gasteiger partial charge in [0.1, 0.15) is 5.82 Å². The molecular formula is C25H28FN7O. The third kappa shape index (κ3) is 6.86. The number of carbonyl (C=O) groups excluding carboxylic acids is 1. The number of rotatable bonds is 6. The van der Waals surface area contributed by atoms with E-state index >= 15 is 0 Å². The molecule has 2 amide bonds. The summed E-state index contributed by atoms with van der Waals surface area (Å²) in [4.78, 5) is 20.5. The second-order valence-corrected chi connectivity index (χ2v) is 8.80. The molecule has 9 heteroatoms. The van der Waals surface area contributed by atoms with Gasteiger partial charge < -0.3 is 21.7 Å². The Bertz CT molecular complexity index is 1250. The fourth-order valence-corrected chi connectivity index (χ4v) is 3.07. The highest BCUT2D eigenvalue weighted by atomic mass is 19.1. The van der Waals surface area contributed by atoms with E-state index in [-0.39, 0.29) is 28.6 Å². The van der Waals surface area contributed by atoms with Crippen molar-refractivity contribution in [3.05, 3.63) is 83.6 Å². The Morgan fingerprint density at radius 2 is 1.82 bits per heavy atom. The Morgan fingerprint density at radius 1 is 1.09 bits per heavy atom. The molecule has 2 aromatic carbocycles. The number of benzene rings is 2. The van der Waals surface area contributed by atoms with Crippen LogP contribution in [0.15, 0.2) is 60.9 Å². The highest BCUT2D eigenvalue weighted by Gasteiger charge is 2.17. The maximum absolute atomic E-state index is 14.6. The second-order valence-electron chi connectivity index (χ2n) is 8.80. The third-order valence-electron chi connectivity index (χ3n) is 4.59. The molecule has 0 saturated carbocycles. The SMILES string of the molecule is Cc1cccc(NC(=O)Nc2cc(F)cc(/C(=C/NC(C)(C)C)C(=N)c3ccnc(N)n3)c2)c1. The van der Waals surface area contributed by atoms with E-state index in [1.165, 1.54) is 18.3 Å². The lowest BCUT2D eigenvalue weighted by atomic mass is 9.98. The van der Waals surface area contributed by atoms with Crippen LogP contribution >= 0.6 is 0 Å². The van der Waals surface area contributed by atoms with E-state index in [2.05, 4.69) is 25.9 Å². The molecular weight excluding hydrogens is 433 g/mol. The first-order chi connectivity index (χ1) is 16.0. The molecule has 0 bridgehead atoms. The van der Waals surface area contributed by atoms with Gasteiger partial charge >= 0.3 is 6.03 Å². The lowest BCUT2D eigenvalue weighted by molar-refractivity contribution is 0.262. The highest BCUT2D eigenvalue weighted by molar-refractivity contribution is 6.29. The number of urea groups is 1. The van der Waals surface area contributed by atoms with Crippen LogP contribution in [0.1, 0.15) is 37.6 Å². The first kappa shape index (κ1) is 24.4. The van der Waals surface area contributed by atoms with Crippen LogP contribution in [0.5, 0.6) is 0 Å². The van der Waals surface area contributed by atoms with Gasteiger partial charge in [-0.25, -0.2) is 19.2 Å². The van der Waals surface area contributed by atoms with Gasteiger partial charge in [-0.1, -0.05) is 12.1 Å². The molecule has 1 aromatic heterocycles. The van der Waals surface area contributed by atoms with Crippen LogP contribution < -0.4 is 21.7 Å². The summed E-state index contributed by atoms with van der Waals surface area (Å²) in [7, 11) is 0. The van der Waals surface area contributed by atoms with Crippen LogP contribution in [0, 0.1) is 18.2 Å². The molecule has 0 unspecified atom stereocenters. The number of aromatic nitrogens is 2. The molecule has 176 valence electrons. The fraction of sp³-hybridized carbons (Fsp3) is 0.200. The summed E-state index contributed by atoms with van der Waals surface area (Å²) in [5.41, 5.74) is 8.28. The Morgan fingerprint density at radius 3 is 2.50 bits per heavy atom. The Hall–Kier alpha value is -4.27. The number of nitrogens with zero attached hydrogens (tertiary/aromatic N) is 2. The van der Waals surface area contributed by atoms with Gasteiger partial charge in [0.25, 0.3) is 0 Å². The van der Waals surface area contributed by atoms with Crippen LogP contribution in [0.2, 0.25) is 0 Å². The number of halogens is 1. The van der Waals surface area contributed by atoms with E-state index in [0.717, 1.165) is 5.56 Å². The van der Waals surface area contributed by atoms with Crippen molar-refractivity contribution in [2.24, 2.45) is 0 Å². The zero-order valence-electron chi connectivity index (χ0n) is 19.5. The van der Waals surface area contributed by atoms with Gasteiger partial charge in [0.2, 0.25) is 5.95 Å². The van der Waals surface area contributed by atoms with Crippen molar-refractivity contribution in [1.82, 2.24) is 15.3 Å². The van der Waals surface area contributed by atoms with E-state index in [1.807, 2.05) is 45.9 Å². The number of nitrogen functional groups attached to an aromatic ring is 1. The minimum Gasteiger partial charge on any atom is -0.386 e. The molecule has 0 aliphatic carbocycles. The summed E-state index contributed by atoms with van der Waals surface area (Å²) < 4.78 is 14.6. The van der Waals surface area contributed by atoms with E-state index in [4.69, 9.17) is 11.1 Å². The zero-order valence-corrected chi connectivity index (χ0v) is 19.5. The van der Waals surface area contributed by atoms with Crippen LogP contribution in [0.25, 0.3) is 5.57 Å². The van der Waals surface area contributed by atoms with Gasteiger partial charge in [0.05, 0.1) is 11.4 Å². The quantitative estimate of drug-likeness (QED) is 0.332. The molecule has 1 heterocycles. The maximum atomic E-state index is 14.6. The summed E-state index contributed by atoms with van der Waals surface area (Å²) in [5, 5.41) is 17.3. The number of aryl methyl sites for hydroxylation is 1. The van der Waals surface area contributed by atoms with Crippen LogP contribution in [-0.4, -0.2) is 27.2 Å². The van der Waals surface area contributed by atoms with Crippen molar-refractivity contribution in [2.75, 3.05) is 16.4 Å². The van der Waals surface area contributed by atoms with E-state index < -0.39 is 11.8 Å². The molecule has 0 atom stereocenters. The monoisotopic (exact) mass is 461 g/mol. The topological polar surface area (TPSA) is 129 Å². The number of amides is 2. The van der Waals surface area contributed by atoms with E-state index in [0.29, 0.717) is 16.8 Å². The van der Waals surface area contributed by atoms with Crippen molar-refractivity contribution in [1.29, 1.82) is 5.41 Å². The molecule has 0 fully saturated rings. The summed E-state index contributed by atoms with van der Waals surface area (Å²) in [6.07, 6.45) is 3.08. The first-order valence-corrected chi connectivity index (χ1v) is 10.6. The zero-order chi connectivity index (χ0) is 24.9. The number of nitrogens with two attached hydrogens (primary N) is 1. The summed E-state index contributed by atoms with van der Waals surface area (Å²) in [6.45, 7) is 7.80. The Labute approximate surface area is 198 Å². The Balaban J connectivity index is 1.93. The van der Waals surface area contributed by atoms with Gasteiger partial charge in [-0.3, -0.25) is 5.41 Å². The molecule has 8 nitrogen and oxygen atoms in total. The Kier molecular flexibility index (Phi) is 7.25. The average Bonchev–Trinajstić information content (AvgIpc) is 2.72. The molecule has 3 aromatic rings. The fourth-order valence-electron chi connectivity index (χ4n) is 3.07. The predicted octanol–water partition coefficient (Wildman–Crippen LogP) is 4.95. The lowest BCUT2D eigenvalue weighted by Crippen LogP contribution is -2.32. The number of anilines is 3. The van der Waals surface area contributed by atoms with Crippen molar-refractivity contribution in [2.45, 2.75) is 33.2 Å². The molecule has 0 radical (unpaired) electrons. The van der Waals surface area contributed by atoms with Gasteiger partial charge in [-0.15, -0.1) is 0 Å². The molecule has 0 aliphatic rings. The summed E-state index contributed by atoms with van der Waals surface area (Å²) in [5.74, 6) is -0.542. The molecule has 34 heavy (non-hydrogen) atoms. The standard InChI is InChI=1S/C25H28FN7O/c1-15-6-5-7-18(10-15)31-24(34)32-19-12-16(11-17(26)13-19)20(14-30-25(2,3)4)22(27)21-8-9-29-23(28)33-21/h5-14,27,30H,1-4H3,(H2,28,29,33)(H2,31,32,34)/b20-14-,27-22?.